The summed E-state index contributed by atoms with van der Waals surface area (Å²) in [5, 5.41) is 15.0. The number of aromatic nitrogens is 1. The van der Waals surface area contributed by atoms with E-state index < -0.39 is 6.10 Å². The predicted octanol–water partition coefficient (Wildman–Crippen LogP) is 3.12. The summed E-state index contributed by atoms with van der Waals surface area (Å²) in [7, 11) is 0. The highest BCUT2D eigenvalue weighted by molar-refractivity contribution is 5.95. The topological polar surface area (TPSA) is 101 Å². The molecule has 1 atom stereocenters. The van der Waals surface area contributed by atoms with Gasteiger partial charge in [-0.25, -0.2) is 0 Å². The summed E-state index contributed by atoms with van der Waals surface area (Å²) in [6.07, 6.45) is 2.34. The Morgan fingerprint density at radius 3 is 2.55 bits per heavy atom. The van der Waals surface area contributed by atoms with Crippen molar-refractivity contribution in [2.75, 3.05) is 5.32 Å². The Bertz CT molecular complexity index is 975. The third-order valence-corrected chi connectivity index (χ3v) is 4.16. The Kier molecular flexibility index (Phi) is 6.42. The minimum Gasteiger partial charge on any atom is -0.508 e. The highest BCUT2D eigenvalue weighted by Crippen LogP contribution is 2.19. The van der Waals surface area contributed by atoms with Crippen LogP contribution in [0.25, 0.3) is 0 Å². The minimum atomic E-state index is -0.752. The molecule has 3 aromatic rings. The van der Waals surface area contributed by atoms with Crippen LogP contribution < -0.4 is 15.4 Å². The highest BCUT2D eigenvalue weighted by Gasteiger charge is 2.16. The van der Waals surface area contributed by atoms with Gasteiger partial charge in [-0.1, -0.05) is 18.2 Å². The van der Waals surface area contributed by atoms with E-state index in [0.717, 1.165) is 5.56 Å². The van der Waals surface area contributed by atoms with Gasteiger partial charge in [0.25, 0.3) is 11.8 Å². The number of benzene rings is 2. The van der Waals surface area contributed by atoms with Crippen molar-refractivity contribution in [3.8, 4) is 11.5 Å². The summed E-state index contributed by atoms with van der Waals surface area (Å²) in [6.45, 7) is 1.88. The molecule has 7 heteroatoms. The Morgan fingerprint density at radius 1 is 1.07 bits per heavy atom. The van der Waals surface area contributed by atoms with E-state index in [9.17, 15) is 14.7 Å². The lowest BCUT2D eigenvalue weighted by atomic mass is 10.1. The lowest BCUT2D eigenvalue weighted by Crippen LogP contribution is -2.31. The van der Waals surface area contributed by atoms with Crippen molar-refractivity contribution < 1.29 is 19.4 Å². The first-order valence-corrected chi connectivity index (χ1v) is 9.05. The monoisotopic (exact) mass is 391 g/mol. The van der Waals surface area contributed by atoms with Crippen LogP contribution in [0, 0.1) is 0 Å². The maximum Gasteiger partial charge on any atom is 0.265 e. The maximum absolute atomic E-state index is 12.5. The molecule has 3 N–H and O–H groups in total. The van der Waals surface area contributed by atoms with Crippen molar-refractivity contribution in [1.29, 1.82) is 0 Å². The molecule has 0 spiro atoms. The summed E-state index contributed by atoms with van der Waals surface area (Å²) in [6, 6.07) is 16.7. The summed E-state index contributed by atoms with van der Waals surface area (Å²) in [4.78, 5) is 28.7. The van der Waals surface area contributed by atoms with Gasteiger partial charge in [0.15, 0.2) is 6.10 Å². The number of phenols is 1. The molecule has 0 saturated carbocycles. The van der Waals surface area contributed by atoms with E-state index in [4.69, 9.17) is 4.74 Å². The predicted molar refractivity (Wildman–Crippen MR) is 109 cm³/mol. The third-order valence-electron chi connectivity index (χ3n) is 4.16. The zero-order valence-electron chi connectivity index (χ0n) is 15.8. The number of amides is 2. The van der Waals surface area contributed by atoms with Crippen molar-refractivity contribution in [1.82, 2.24) is 10.3 Å². The number of anilines is 1. The van der Waals surface area contributed by atoms with Crippen LogP contribution in [-0.4, -0.2) is 28.0 Å². The van der Waals surface area contributed by atoms with Crippen molar-refractivity contribution in [3.05, 3.63) is 84.2 Å². The molecule has 2 aromatic carbocycles. The maximum atomic E-state index is 12.5. The molecule has 2 amide bonds. The zero-order valence-corrected chi connectivity index (χ0v) is 15.8. The molecule has 0 aliphatic heterocycles. The lowest BCUT2D eigenvalue weighted by molar-refractivity contribution is -0.122. The van der Waals surface area contributed by atoms with Gasteiger partial charge in [0.05, 0.1) is 5.56 Å². The summed E-state index contributed by atoms with van der Waals surface area (Å²) in [5.41, 5.74) is 1.81. The number of hydrogen-bond donors (Lipinski definition) is 3. The number of carbonyl (C=O) groups is 2. The second kappa shape index (κ2) is 9.36. The number of rotatable bonds is 7. The smallest absolute Gasteiger partial charge is 0.265 e. The van der Waals surface area contributed by atoms with Gasteiger partial charge in [-0.3, -0.25) is 14.6 Å². The number of carbonyl (C=O) groups excluding carboxylic acids is 2. The van der Waals surface area contributed by atoms with Gasteiger partial charge in [0, 0.05) is 24.6 Å². The van der Waals surface area contributed by atoms with Gasteiger partial charge in [-0.15, -0.1) is 0 Å². The molecule has 1 heterocycles. The normalized spacial score (nSPS) is 11.3. The molecule has 1 unspecified atom stereocenters. The van der Waals surface area contributed by atoms with Gasteiger partial charge < -0.3 is 20.5 Å². The van der Waals surface area contributed by atoms with Crippen molar-refractivity contribution in [2.24, 2.45) is 0 Å². The number of ether oxygens (including phenoxy) is 1. The average molecular weight is 391 g/mol. The second-order valence-electron chi connectivity index (χ2n) is 6.32. The van der Waals surface area contributed by atoms with Crippen LogP contribution in [0.5, 0.6) is 11.5 Å². The third kappa shape index (κ3) is 5.55. The molecular formula is C22H21N3O4. The Balaban J connectivity index is 1.61. The first kappa shape index (κ1) is 19.9. The molecule has 3 rings (SSSR count). The van der Waals surface area contributed by atoms with Gasteiger partial charge in [0.1, 0.15) is 11.5 Å². The number of nitrogens with zero attached hydrogens (tertiary/aromatic N) is 1. The number of para-hydroxylation sites is 1. The van der Waals surface area contributed by atoms with E-state index in [0.29, 0.717) is 17.0 Å². The summed E-state index contributed by atoms with van der Waals surface area (Å²) in [5.74, 6) is 0.0200. The van der Waals surface area contributed by atoms with Crippen LogP contribution in [0.1, 0.15) is 22.8 Å². The molecule has 148 valence electrons. The molecule has 0 aliphatic rings. The fourth-order valence-electron chi connectivity index (χ4n) is 2.59. The average Bonchev–Trinajstić information content (AvgIpc) is 2.75. The molecular weight excluding hydrogens is 370 g/mol. The SMILES string of the molecule is CC(Oc1ccc(O)cc1)C(=O)Nc1ccccc1CNC(=O)c1cccnc1. The van der Waals surface area contributed by atoms with E-state index in [2.05, 4.69) is 15.6 Å². The van der Waals surface area contributed by atoms with Crippen LogP contribution in [0.15, 0.2) is 73.1 Å². The highest BCUT2D eigenvalue weighted by atomic mass is 16.5. The molecule has 0 radical (unpaired) electrons. The molecule has 29 heavy (non-hydrogen) atoms. The molecule has 0 aliphatic carbocycles. The number of pyridine rings is 1. The number of aromatic hydroxyl groups is 1. The molecule has 1 aromatic heterocycles. The zero-order chi connectivity index (χ0) is 20.6. The number of hydrogen-bond acceptors (Lipinski definition) is 5. The first-order valence-electron chi connectivity index (χ1n) is 9.05. The van der Waals surface area contributed by atoms with Crippen LogP contribution in [0.3, 0.4) is 0 Å². The van der Waals surface area contributed by atoms with Crippen molar-refractivity contribution >= 4 is 17.5 Å². The minimum absolute atomic E-state index is 0.122. The van der Waals surface area contributed by atoms with Gasteiger partial charge in [-0.05, 0) is 55.0 Å². The summed E-state index contributed by atoms with van der Waals surface area (Å²) >= 11 is 0. The molecule has 0 fully saturated rings. The Morgan fingerprint density at radius 2 is 1.83 bits per heavy atom. The number of phenolic OH excluding ortho intramolecular Hbond substituents is 1. The van der Waals surface area contributed by atoms with Crippen LogP contribution in [-0.2, 0) is 11.3 Å². The molecule has 7 nitrogen and oxygen atoms in total. The van der Waals surface area contributed by atoms with Gasteiger partial charge in [0.2, 0.25) is 0 Å². The van der Waals surface area contributed by atoms with Crippen LogP contribution >= 0.6 is 0 Å². The van der Waals surface area contributed by atoms with Gasteiger partial charge >= 0.3 is 0 Å². The molecule has 0 saturated heterocycles. The quantitative estimate of drug-likeness (QED) is 0.575. The Labute approximate surface area is 168 Å². The van der Waals surface area contributed by atoms with E-state index >= 15 is 0 Å². The van der Waals surface area contributed by atoms with Crippen LogP contribution in [0.4, 0.5) is 5.69 Å². The second-order valence-corrected chi connectivity index (χ2v) is 6.32. The largest absolute Gasteiger partial charge is 0.508 e. The van der Waals surface area contributed by atoms with Crippen molar-refractivity contribution in [2.45, 2.75) is 19.6 Å². The van der Waals surface area contributed by atoms with E-state index in [1.54, 1.807) is 49.5 Å². The van der Waals surface area contributed by atoms with Gasteiger partial charge in [-0.2, -0.15) is 0 Å². The van der Waals surface area contributed by atoms with Crippen LogP contribution in [0.2, 0.25) is 0 Å². The fraction of sp³-hybridized carbons (Fsp3) is 0.136. The fourth-order valence-corrected chi connectivity index (χ4v) is 2.59. The van der Waals surface area contributed by atoms with E-state index in [1.165, 1.54) is 18.3 Å². The lowest BCUT2D eigenvalue weighted by Gasteiger charge is -2.17. The number of nitrogens with one attached hydrogen (secondary N) is 2. The first-order chi connectivity index (χ1) is 14.0. The standard InChI is InChI=1S/C22H21N3O4/c1-15(29-19-10-8-18(26)9-11-19)21(27)25-20-7-3-2-5-16(20)14-24-22(28)17-6-4-12-23-13-17/h2-13,15,26H,14H2,1H3,(H,24,28)(H,25,27). The van der Waals surface area contributed by atoms with E-state index in [1.807, 2.05) is 12.1 Å². The van der Waals surface area contributed by atoms with Crippen molar-refractivity contribution in [3.63, 3.8) is 0 Å². The summed E-state index contributed by atoms with van der Waals surface area (Å²) < 4.78 is 5.60. The Hall–Kier alpha value is -3.87. The van der Waals surface area contributed by atoms with E-state index in [-0.39, 0.29) is 24.1 Å². The molecule has 0 bridgehead atoms.